The topological polar surface area (TPSA) is 30.5 Å². The minimum Gasteiger partial charge on any atom is -0.490 e. The van der Waals surface area contributed by atoms with Gasteiger partial charge in [-0.15, -0.1) is 0 Å². The predicted molar refractivity (Wildman–Crippen MR) is 109 cm³/mol. The van der Waals surface area contributed by atoms with Crippen LogP contribution in [0.25, 0.3) is 0 Å². The molecular weight excluding hydrogens is 346 g/mol. The van der Waals surface area contributed by atoms with Crippen molar-refractivity contribution in [2.45, 2.75) is 52.7 Å². The lowest BCUT2D eigenvalue weighted by atomic mass is 10.1. The molecule has 0 fully saturated rings. The highest BCUT2D eigenvalue weighted by Gasteiger charge is 2.13. The van der Waals surface area contributed by atoms with Crippen LogP contribution in [-0.4, -0.2) is 13.2 Å². The lowest BCUT2D eigenvalue weighted by Gasteiger charge is -2.16. The Kier molecular flexibility index (Phi) is 9.36. The van der Waals surface area contributed by atoms with Gasteiger partial charge in [-0.05, 0) is 43.1 Å². The van der Waals surface area contributed by atoms with Crippen molar-refractivity contribution in [1.82, 2.24) is 5.32 Å². The summed E-state index contributed by atoms with van der Waals surface area (Å²) in [6.45, 7) is 7.04. The van der Waals surface area contributed by atoms with Crippen molar-refractivity contribution in [1.29, 1.82) is 0 Å². The van der Waals surface area contributed by atoms with E-state index in [-0.39, 0.29) is 0 Å². The Hall–Kier alpha value is -1.71. The Morgan fingerprint density at radius 1 is 0.923 bits per heavy atom. The van der Waals surface area contributed by atoms with Crippen LogP contribution in [0.15, 0.2) is 42.5 Å². The summed E-state index contributed by atoms with van der Waals surface area (Å²) in [7, 11) is 0. The first-order valence-corrected chi connectivity index (χ1v) is 9.95. The summed E-state index contributed by atoms with van der Waals surface area (Å²) < 4.78 is 11.7. The Morgan fingerprint density at radius 3 is 2.46 bits per heavy atom. The number of rotatable bonds is 12. The molecule has 3 nitrogen and oxygen atoms in total. The Morgan fingerprint density at radius 2 is 1.73 bits per heavy atom. The quantitative estimate of drug-likeness (QED) is 0.462. The number of nitrogens with one attached hydrogen (secondary N) is 1. The van der Waals surface area contributed by atoms with Gasteiger partial charge >= 0.3 is 0 Å². The van der Waals surface area contributed by atoms with Crippen LogP contribution in [0.5, 0.6) is 11.5 Å². The van der Waals surface area contributed by atoms with Crippen LogP contribution in [0.3, 0.4) is 0 Å². The number of halogens is 1. The van der Waals surface area contributed by atoms with Crippen LogP contribution in [0.4, 0.5) is 0 Å². The molecule has 0 saturated heterocycles. The van der Waals surface area contributed by atoms with Crippen molar-refractivity contribution in [2.24, 2.45) is 0 Å². The molecule has 26 heavy (non-hydrogen) atoms. The van der Waals surface area contributed by atoms with Gasteiger partial charge in [-0.25, -0.2) is 0 Å². The zero-order valence-electron chi connectivity index (χ0n) is 15.9. The van der Waals surface area contributed by atoms with Crippen molar-refractivity contribution in [3.05, 3.63) is 58.6 Å². The first-order chi connectivity index (χ1) is 12.7. The van der Waals surface area contributed by atoms with Gasteiger partial charge in [-0.2, -0.15) is 0 Å². The van der Waals surface area contributed by atoms with Gasteiger partial charge in [-0.1, -0.05) is 68.1 Å². The second kappa shape index (κ2) is 11.8. The molecule has 0 aliphatic heterocycles. The Balaban J connectivity index is 1.97. The normalized spacial score (nSPS) is 10.7. The Bertz CT molecular complexity index is 646. The molecule has 2 aromatic rings. The summed E-state index contributed by atoms with van der Waals surface area (Å²) >= 11 is 6.49. The minimum atomic E-state index is 0.468. The molecule has 0 atom stereocenters. The average molecular weight is 376 g/mol. The fourth-order valence-electron chi connectivity index (χ4n) is 2.77. The van der Waals surface area contributed by atoms with Crippen molar-refractivity contribution in [3.63, 3.8) is 0 Å². The monoisotopic (exact) mass is 375 g/mol. The molecule has 0 aliphatic rings. The third-order valence-electron chi connectivity index (χ3n) is 4.13. The van der Waals surface area contributed by atoms with Crippen LogP contribution < -0.4 is 14.8 Å². The van der Waals surface area contributed by atoms with E-state index in [1.807, 2.05) is 49.4 Å². The fraction of sp³-hybridized carbons (Fsp3) is 0.455. The third-order valence-corrected chi connectivity index (χ3v) is 4.41. The second-order valence-corrected chi connectivity index (χ2v) is 6.76. The smallest absolute Gasteiger partial charge is 0.180 e. The molecule has 2 rings (SSSR count). The van der Waals surface area contributed by atoms with Gasteiger partial charge in [0.05, 0.1) is 11.6 Å². The maximum Gasteiger partial charge on any atom is 0.180 e. The van der Waals surface area contributed by atoms with E-state index in [2.05, 4.69) is 12.2 Å². The van der Waals surface area contributed by atoms with E-state index < -0.39 is 0 Å². The highest BCUT2D eigenvalue weighted by atomic mass is 35.5. The minimum absolute atomic E-state index is 0.468. The van der Waals surface area contributed by atoms with E-state index in [4.69, 9.17) is 21.1 Å². The standard InChI is InChI=1S/C22H30ClNO2/c1-3-5-6-10-13-24-16-19-14-20(23)22(21(15-19)25-4-2)26-17-18-11-8-7-9-12-18/h7-9,11-12,14-15,24H,3-6,10,13,16-17H2,1-2H3. The lowest BCUT2D eigenvalue weighted by Crippen LogP contribution is -2.15. The highest BCUT2D eigenvalue weighted by Crippen LogP contribution is 2.37. The number of benzene rings is 2. The number of hydrogen-bond acceptors (Lipinski definition) is 3. The maximum absolute atomic E-state index is 6.49. The lowest BCUT2D eigenvalue weighted by molar-refractivity contribution is 0.269. The van der Waals surface area contributed by atoms with Gasteiger partial charge in [0.2, 0.25) is 0 Å². The number of ether oxygens (including phenoxy) is 2. The van der Waals surface area contributed by atoms with E-state index in [0.29, 0.717) is 29.7 Å². The van der Waals surface area contributed by atoms with E-state index in [9.17, 15) is 0 Å². The van der Waals surface area contributed by atoms with Crippen molar-refractivity contribution in [2.75, 3.05) is 13.2 Å². The first kappa shape index (κ1) is 20.6. The molecule has 4 heteroatoms. The molecule has 2 aromatic carbocycles. The van der Waals surface area contributed by atoms with Crippen LogP contribution in [0, 0.1) is 0 Å². The fourth-order valence-corrected chi connectivity index (χ4v) is 3.05. The molecule has 0 amide bonds. The molecule has 0 aliphatic carbocycles. The van der Waals surface area contributed by atoms with Crippen molar-refractivity contribution >= 4 is 11.6 Å². The van der Waals surface area contributed by atoms with Gasteiger partial charge < -0.3 is 14.8 Å². The molecule has 0 heterocycles. The summed E-state index contributed by atoms with van der Waals surface area (Å²) in [5.41, 5.74) is 2.21. The van der Waals surface area contributed by atoms with Crippen LogP contribution in [-0.2, 0) is 13.2 Å². The van der Waals surface area contributed by atoms with E-state index >= 15 is 0 Å². The first-order valence-electron chi connectivity index (χ1n) is 9.57. The largest absolute Gasteiger partial charge is 0.490 e. The van der Waals surface area contributed by atoms with E-state index in [1.165, 1.54) is 25.7 Å². The van der Waals surface area contributed by atoms with Gasteiger partial charge in [-0.3, -0.25) is 0 Å². The Labute approximate surface area is 162 Å². The summed E-state index contributed by atoms with van der Waals surface area (Å²) in [6.07, 6.45) is 5.05. The molecule has 0 saturated carbocycles. The second-order valence-electron chi connectivity index (χ2n) is 6.35. The summed E-state index contributed by atoms with van der Waals surface area (Å²) in [5, 5.41) is 4.07. The molecule has 142 valence electrons. The molecular formula is C22H30ClNO2. The zero-order valence-corrected chi connectivity index (χ0v) is 16.6. The van der Waals surface area contributed by atoms with Crippen molar-refractivity contribution in [3.8, 4) is 11.5 Å². The zero-order chi connectivity index (χ0) is 18.6. The van der Waals surface area contributed by atoms with E-state index in [1.54, 1.807) is 0 Å². The molecule has 0 aromatic heterocycles. The van der Waals surface area contributed by atoms with E-state index in [0.717, 1.165) is 24.2 Å². The van der Waals surface area contributed by atoms with Crippen LogP contribution in [0.2, 0.25) is 5.02 Å². The SMILES string of the molecule is CCCCCCNCc1cc(Cl)c(OCc2ccccc2)c(OCC)c1. The van der Waals surface area contributed by atoms with Crippen LogP contribution in [0.1, 0.15) is 50.7 Å². The average Bonchev–Trinajstić information content (AvgIpc) is 2.65. The van der Waals surface area contributed by atoms with Gasteiger partial charge in [0.1, 0.15) is 6.61 Å². The van der Waals surface area contributed by atoms with Crippen molar-refractivity contribution < 1.29 is 9.47 Å². The molecule has 1 N–H and O–H groups in total. The molecule has 0 spiro atoms. The molecule has 0 bridgehead atoms. The predicted octanol–water partition coefficient (Wildman–Crippen LogP) is 5.99. The summed E-state index contributed by atoms with van der Waals surface area (Å²) in [6, 6.07) is 14.0. The molecule has 0 unspecified atom stereocenters. The number of unbranched alkanes of at least 4 members (excludes halogenated alkanes) is 3. The van der Waals surface area contributed by atoms with Gasteiger partial charge in [0.25, 0.3) is 0 Å². The maximum atomic E-state index is 6.49. The van der Waals surface area contributed by atoms with Gasteiger partial charge in [0, 0.05) is 6.54 Å². The molecule has 0 radical (unpaired) electrons. The van der Waals surface area contributed by atoms with Gasteiger partial charge in [0.15, 0.2) is 11.5 Å². The van der Waals surface area contributed by atoms with Crippen LogP contribution >= 0.6 is 11.6 Å². The highest BCUT2D eigenvalue weighted by molar-refractivity contribution is 6.32. The summed E-state index contributed by atoms with van der Waals surface area (Å²) in [5.74, 6) is 1.32. The summed E-state index contributed by atoms with van der Waals surface area (Å²) in [4.78, 5) is 0. The number of hydrogen-bond donors (Lipinski definition) is 1. The third kappa shape index (κ3) is 6.89.